The molecule has 11 aromatic rings. The summed E-state index contributed by atoms with van der Waals surface area (Å²) < 4.78 is 7.10. The fourth-order valence-electron chi connectivity index (χ4n) is 7.90. The highest BCUT2D eigenvalue weighted by atomic mass is 32.1. The number of aromatic nitrogens is 4. The van der Waals surface area contributed by atoms with Crippen molar-refractivity contribution in [1.29, 1.82) is 0 Å². The second-order valence-electron chi connectivity index (χ2n) is 13.0. The summed E-state index contributed by atoms with van der Waals surface area (Å²) in [4.78, 5) is 10.8. The summed E-state index contributed by atoms with van der Waals surface area (Å²) in [5, 5.41) is 6.06. The van der Waals surface area contributed by atoms with Gasteiger partial charge in [-0.15, -0.1) is 11.3 Å². The van der Waals surface area contributed by atoms with Crippen molar-refractivity contribution in [3.63, 3.8) is 0 Å². The Balaban J connectivity index is 1.27. The Kier molecular flexibility index (Phi) is 6.09. The van der Waals surface area contributed by atoms with Crippen LogP contribution in [0.15, 0.2) is 170 Å². The maximum atomic E-state index is 5.41. The predicted molar refractivity (Wildman–Crippen MR) is 214 cm³/mol. The van der Waals surface area contributed by atoms with E-state index in [4.69, 9.17) is 9.97 Å². The number of para-hydroxylation sites is 4. The van der Waals surface area contributed by atoms with Gasteiger partial charge < -0.3 is 9.13 Å². The highest BCUT2D eigenvalue weighted by Crippen LogP contribution is 2.41. The molecule has 0 radical (unpaired) electrons. The van der Waals surface area contributed by atoms with E-state index >= 15 is 0 Å². The van der Waals surface area contributed by atoms with Crippen LogP contribution in [-0.2, 0) is 0 Å². The third-order valence-corrected chi connectivity index (χ3v) is 11.3. The molecule has 0 atom stereocenters. The molecule has 0 saturated carbocycles. The Morgan fingerprint density at radius 3 is 1.37 bits per heavy atom. The van der Waals surface area contributed by atoms with E-state index in [0.29, 0.717) is 5.82 Å². The average molecular weight is 669 g/mol. The van der Waals surface area contributed by atoms with Crippen molar-refractivity contribution < 1.29 is 0 Å². The third kappa shape index (κ3) is 4.25. The summed E-state index contributed by atoms with van der Waals surface area (Å²) in [5.74, 6) is 0.703. The van der Waals surface area contributed by atoms with Crippen LogP contribution >= 0.6 is 11.3 Å². The van der Waals surface area contributed by atoms with Crippen LogP contribution < -0.4 is 0 Å². The first-order valence-electron chi connectivity index (χ1n) is 17.2. The van der Waals surface area contributed by atoms with Gasteiger partial charge in [-0.2, -0.15) is 0 Å². The highest BCUT2D eigenvalue weighted by molar-refractivity contribution is 7.26. The van der Waals surface area contributed by atoms with Gasteiger partial charge in [0.25, 0.3) is 0 Å². The Morgan fingerprint density at radius 2 is 0.843 bits per heavy atom. The predicted octanol–water partition coefficient (Wildman–Crippen LogP) is 12.4. The second-order valence-corrected chi connectivity index (χ2v) is 14.1. The van der Waals surface area contributed by atoms with E-state index in [1.807, 2.05) is 0 Å². The first-order chi connectivity index (χ1) is 25.3. The summed E-state index contributed by atoms with van der Waals surface area (Å²) in [6, 6.07) is 60.7. The van der Waals surface area contributed by atoms with Crippen LogP contribution in [0.25, 0.3) is 97.9 Å². The monoisotopic (exact) mass is 668 g/mol. The van der Waals surface area contributed by atoms with E-state index in [9.17, 15) is 0 Å². The lowest BCUT2D eigenvalue weighted by atomic mass is 10.1. The van der Waals surface area contributed by atoms with Crippen molar-refractivity contribution >= 4 is 75.3 Å². The molecule has 0 saturated heterocycles. The third-order valence-electron chi connectivity index (χ3n) is 10.1. The number of hydrogen-bond acceptors (Lipinski definition) is 3. The fraction of sp³-hybridized carbons (Fsp3) is 0. The van der Waals surface area contributed by atoms with Crippen molar-refractivity contribution in [1.82, 2.24) is 19.1 Å². The van der Waals surface area contributed by atoms with Gasteiger partial charge in [0.1, 0.15) is 0 Å². The van der Waals surface area contributed by atoms with Gasteiger partial charge in [-0.1, -0.05) is 121 Å². The van der Waals surface area contributed by atoms with Gasteiger partial charge in [0.15, 0.2) is 5.82 Å². The van der Waals surface area contributed by atoms with Crippen LogP contribution in [0.1, 0.15) is 0 Å². The molecule has 4 heterocycles. The first kappa shape index (κ1) is 28.3. The molecule has 0 amide bonds. The van der Waals surface area contributed by atoms with Crippen LogP contribution in [0.5, 0.6) is 0 Å². The SMILES string of the molecule is c1ccc(-c2nc(-c3cc(-n4c5ccccc5c5ccccc54)cc(-n4c5ccccc5c5ccccc54)c3)nc3c2sc2ccccc23)cc1. The molecule has 51 heavy (non-hydrogen) atoms. The molecule has 5 heteroatoms. The number of hydrogen-bond donors (Lipinski definition) is 0. The van der Waals surface area contributed by atoms with E-state index in [1.165, 1.54) is 26.2 Å². The Bertz CT molecular complexity index is 2910. The molecule has 0 aliphatic heterocycles. The summed E-state index contributed by atoms with van der Waals surface area (Å²) in [5.41, 5.74) is 10.7. The maximum Gasteiger partial charge on any atom is 0.160 e. The molecule has 4 aromatic heterocycles. The molecule has 11 rings (SSSR count). The zero-order valence-electron chi connectivity index (χ0n) is 27.4. The molecular weight excluding hydrogens is 641 g/mol. The largest absolute Gasteiger partial charge is 0.309 e. The minimum absolute atomic E-state index is 0.703. The number of fused-ring (bicyclic) bond motifs is 9. The molecule has 0 spiro atoms. The van der Waals surface area contributed by atoms with Gasteiger partial charge in [0, 0.05) is 54.1 Å². The summed E-state index contributed by atoms with van der Waals surface area (Å²) in [6.45, 7) is 0. The highest BCUT2D eigenvalue weighted by Gasteiger charge is 2.20. The van der Waals surface area contributed by atoms with Crippen molar-refractivity contribution in [2.45, 2.75) is 0 Å². The molecule has 0 aliphatic carbocycles. The molecule has 0 N–H and O–H groups in total. The lowest BCUT2D eigenvalue weighted by Crippen LogP contribution is -2.01. The Morgan fingerprint density at radius 1 is 0.392 bits per heavy atom. The molecular formula is C46H28N4S. The molecule has 238 valence electrons. The topological polar surface area (TPSA) is 35.6 Å². The van der Waals surface area contributed by atoms with Crippen LogP contribution in [0.4, 0.5) is 0 Å². The maximum absolute atomic E-state index is 5.41. The molecule has 4 nitrogen and oxygen atoms in total. The average Bonchev–Trinajstić information content (AvgIpc) is 3.86. The van der Waals surface area contributed by atoms with Gasteiger partial charge in [0.05, 0.1) is 38.0 Å². The normalized spacial score (nSPS) is 11.9. The van der Waals surface area contributed by atoms with E-state index in [1.54, 1.807) is 11.3 Å². The molecule has 0 bridgehead atoms. The van der Waals surface area contributed by atoms with Gasteiger partial charge in [-0.25, -0.2) is 9.97 Å². The van der Waals surface area contributed by atoms with Crippen LogP contribution in [-0.4, -0.2) is 19.1 Å². The molecule has 0 aliphatic rings. The quantitative estimate of drug-likeness (QED) is 0.187. The van der Waals surface area contributed by atoms with Crippen molar-refractivity contribution in [3.05, 3.63) is 170 Å². The summed E-state index contributed by atoms with van der Waals surface area (Å²) >= 11 is 1.76. The minimum atomic E-state index is 0.703. The van der Waals surface area contributed by atoms with Crippen LogP contribution in [0.3, 0.4) is 0 Å². The Hall–Kier alpha value is -6.56. The van der Waals surface area contributed by atoms with Crippen LogP contribution in [0.2, 0.25) is 0 Å². The molecule has 7 aromatic carbocycles. The zero-order chi connectivity index (χ0) is 33.5. The standard InChI is InChI=1S/C46H28N4S/c1-2-14-29(15-3-1)43-45-44(37-20-8-13-25-42(37)51-45)48-46(47-43)30-26-31(49-38-21-9-4-16-33(38)34-17-5-10-22-39(34)49)28-32(27-30)50-40-23-11-6-18-35(40)36-19-7-12-24-41(36)50/h1-28H. The summed E-state index contributed by atoms with van der Waals surface area (Å²) in [7, 11) is 0. The lowest BCUT2D eigenvalue weighted by Gasteiger charge is -2.16. The summed E-state index contributed by atoms with van der Waals surface area (Å²) in [6.07, 6.45) is 0. The number of rotatable bonds is 4. The van der Waals surface area contributed by atoms with E-state index in [0.717, 1.165) is 65.9 Å². The van der Waals surface area contributed by atoms with E-state index in [-0.39, 0.29) is 0 Å². The number of benzene rings is 7. The lowest BCUT2D eigenvalue weighted by molar-refractivity contribution is 1.13. The van der Waals surface area contributed by atoms with Gasteiger partial charge in [-0.05, 0) is 48.5 Å². The van der Waals surface area contributed by atoms with Gasteiger partial charge in [-0.3, -0.25) is 0 Å². The Labute approximate surface area is 297 Å². The van der Waals surface area contributed by atoms with Crippen molar-refractivity contribution in [2.75, 3.05) is 0 Å². The van der Waals surface area contributed by atoms with E-state index in [2.05, 4.69) is 179 Å². The van der Waals surface area contributed by atoms with Crippen molar-refractivity contribution in [3.8, 4) is 34.0 Å². The second kappa shape index (κ2) is 11.0. The van der Waals surface area contributed by atoms with E-state index < -0.39 is 0 Å². The van der Waals surface area contributed by atoms with Gasteiger partial charge in [0.2, 0.25) is 0 Å². The number of nitrogens with zero attached hydrogens (tertiary/aromatic N) is 4. The first-order valence-corrected chi connectivity index (χ1v) is 18.0. The van der Waals surface area contributed by atoms with Gasteiger partial charge >= 0.3 is 0 Å². The minimum Gasteiger partial charge on any atom is -0.309 e. The smallest absolute Gasteiger partial charge is 0.160 e. The van der Waals surface area contributed by atoms with Crippen molar-refractivity contribution in [2.24, 2.45) is 0 Å². The molecule has 0 fully saturated rings. The molecule has 0 unspecified atom stereocenters. The number of thiophene rings is 1. The fourth-order valence-corrected chi connectivity index (χ4v) is 9.05. The zero-order valence-corrected chi connectivity index (χ0v) is 28.2. The van der Waals surface area contributed by atoms with Crippen LogP contribution in [0, 0.1) is 0 Å².